The molecule has 0 fully saturated rings. The third-order valence-corrected chi connectivity index (χ3v) is 4.82. The van der Waals surface area contributed by atoms with E-state index in [0.29, 0.717) is 22.5 Å². The zero-order valence-electron chi connectivity index (χ0n) is 17.1. The summed E-state index contributed by atoms with van der Waals surface area (Å²) >= 11 is 0. The van der Waals surface area contributed by atoms with Crippen LogP contribution in [0.2, 0.25) is 0 Å². The van der Waals surface area contributed by atoms with Gasteiger partial charge in [0, 0.05) is 11.8 Å². The molecule has 1 heterocycles. The fraction of sp³-hybridized carbons (Fsp3) is 0.182. The van der Waals surface area contributed by atoms with Crippen LogP contribution in [0.15, 0.2) is 42.5 Å². The van der Waals surface area contributed by atoms with Crippen molar-refractivity contribution in [1.82, 2.24) is 4.57 Å². The van der Waals surface area contributed by atoms with Gasteiger partial charge in [-0.3, -0.25) is 19.5 Å². The van der Waals surface area contributed by atoms with Gasteiger partial charge in [0.1, 0.15) is 17.7 Å². The van der Waals surface area contributed by atoms with E-state index in [2.05, 4.69) is 11.4 Å². The highest BCUT2D eigenvalue weighted by molar-refractivity contribution is 5.93. The molecule has 8 nitrogen and oxygen atoms in total. The summed E-state index contributed by atoms with van der Waals surface area (Å²) in [5, 5.41) is 23.4. The summed E-state index contributed by atoms with van der Waals surface area (Å²) in [7, 11) is 0. The van der Waals surface area contributed by atoms with Crippen LogP contribution < -0.4 is 10.1 Å². The lowest BCUT2D eigenvalue weighted by Gasteiger charge is -2.14. The maximum Gasteiger partial charge on any atom is 0.311 e. The Labute approximate surface area is 177 Å². The predicted molar refractivity (Wildman–Crippen MR) is 112 cm³/mol. The van der Waals surface area contributed by atoms with E-state index >= 15 is 0 Å². The van der Waals surface area contributed by atoms with Gasteiger partial charge in [0.05, 0.1) is 16.2 Å². The van der Waals surface area contributed by atoms with E-state index in [0.717, 1.165) is 0 Å². The van der Waals surface area contributed by atoms with E-state index in [1.807, 2.05) is 0 Å². The third kappa shape index (κ3) is 4.38. The Kier molecular flexibility index (Phi) is 6.02. The zero-order chi connectivity index (χ0) is 22.7. The molecule has 0 radical (unpaired) electrons. The summed E-state index contributed by atoms with van der Waals surface area (Å²) in [5.41, 5.74) is 2.40. The number of nitro benzene ring substituents is 1. The minimum absolute atomic E-state index is 0.0425. The molecule has 3 aromatic rings. The second kappa shape index (κ2) is 8.67. The van der Waals surface area contributed by atoms with Crippen LogP contribution in [-0.2, 0) is 4.79 Å². The SMILES string of the molecule is Cc1ccc(OCC(=O)Nc2c(C#N)c(C)c(C)n2-c2cccc(F)c2)c([N+](=O)[O-])c1. The third-order valence-electron chi connectivity index (χ3n) is 4.82. The van der Waals surface area contributed by atoms with Gasteiger partial charge >= 0.3 is 5.69 Å². The number of carbonyl (C=O) groups excluding carboxylic acids is 1. The molecular weight excluding hydrogens is 403 g/mol. The molecular formula is C22H19FN4O4. The van der Waals surface area contributed by atoms with Crippen LogP contribution in [0.4, 0.5) is 15.9 Å². The average molecular weight is 422 g/mol. The van der Waals surface area contributed by atoms with Gasteiger partial charge in [0.25, 0.3) is 5.91 Å². The first-order chi connectivity index (χ1) is 14.7. The maximum atomic E-state index is 13.8. The standard InChI is InChI=1S/C22H19FN4O4/c1-13-7-8-20(19(9-13)27(29)30)31-12-21(28)25-22-18(11-24)14(2)15(3)26(22)17-6-4-5-16(23)10-17/h4-10H,12H2,1-3H3,(H,25,28). The second-order valence-electron chi connectivity index (χ2n) is 6.93. The van der Waals surface area contributed by atoms with Crippen LogP contribution in [0, 0.1) is 48.0 Å². The van der Waals surface area contributed by atoms with E-state index in [1.54, 1.807) is 37.5 Å². The first kappa shape index (κ1) is 21.5. The van der Waals surface area contributed by atoms with Gasteiger partial charge in [-0.25, -0.2) is 4.39 Å². The van der Waals surface area contributed by atoms with Crippen molar-refractivity contribution in [1.29, 1.82) is 5.26 Å². The highest BCUT2D eigenvalue weighted by atomic mass is 19.1. The van der Waals surface area contributed by atoms with E-state index in [-0.39, 0.29) is 22.8 Å². The summed E-state index contributed by atoms with van der Waals surface area (Å²) in [6, 6.07) is 12.2. The maximum absolute atomic E-state index is 13.8. The molecule has 1 N–H and O–H groups in total. The monoisotopic (exact) mass is 422 g/mol. The molecule has 0 unspecified atom stereocenters. The fourth-order valence-electron chi connectivity index (χ4n) is 3.20. The molecule has 1 amide bonds. The molecule has 31 heavy (non-hydrogen) atoms. The number of halogens is 1. The van der Waals surface area contributed by atoms with E-state index in [1.165, 1.54) is 30.3 Å². The van der Waals surface area contributed by atoms with Crippen molar-refractivity contribution in [2.75, 3.05) is 11.9 Å². The lowest BCUT2D eigenvalue weighted by atomic mass is 10.2. The first-order valence-electron chi connectivity index (χ1n) is 9.28. The minimum Gasteiger partial charge on any atom is -0.477 e. The Bertz CT molecular complexity index is 1230. The predicted octanol–water partition coefficient (Wildman–Crippen LogP) is 4.34. The summed E-state index contributed by atoms with van der Waals surface area (Å²) in [5.74, 6) is -0.954. The van der Waals surface area contributed by atoms with Gasteiger partial charge in [0.15, 0.2) is 12.4 Å². The lowest BCUT2D eigenvalue weighted by molar-refractivity contribution is -0.385. The zero-order valence-corrected chi connectivity index (χ0v) is 17.1. The van der Waals surface area contributed by atoms with Crippen molar-refractivity contribution in [3.63, 3.8) is 0 Å². The van der Waals surface area contributed by atoms with E-state index < -0.39 is 23.3 Å². The van der Waals surface area contributed by atoms with Gasteiger partial charge in [-0.2, -0.15) is 5.26 Å². The molecule has 158 valence electrons. The molecule has 2 aromatic carbocycles. The Morgan fingerprint density at radius 1 is 1.26 bits per heavy atom. The topological polar surface area (TPSA) is 110 Å². The molecule has 0 aliphatic heterocycles. The molecule has 0 bridgehead atoms. The molecule has 0 spiro atoms. The number of aromatic nitrogens is 1. The molecule has 0 aliphatic rings. The number of hydrogen-bond donors (Lipinski definition) is 1. The number of hydrogen-bond acceptors (Lipinski definition) is 5. The van der Waals surface area contributed by atoms with Crippen LogP contribution in [0.25, 0.3) is 5.69 Å². The summed E-state index contributed by atoms with van der Waals surface area (Å²) in [6.07, 6.45) is 0. The van der Waals surface area contributed by atoms with Crippen LogP contribution in [0.1, 0.15) is 22.4 Å². The summed E-state index contributed by atoms with van der Waals surface area (Å²) < 4.78 is 20.7. The van der Waals surface area contributed by atoms with Crippen molar-refractivity contribution in [2.24, 2.45) is 0 Å². The van der Waals surface area contributed by atoms with Crippen molar-refractivity contribution in [3.05, 3.63) is 80.8 Å². The number of aryl methyl sites for hydroxylation is 1. The molecule has 0 saturated carbocycles. The number of nitriles is 1. The molecule has 0 atom stereocenters. The number of rotatable bonds is 6. The average Bonchev–Trinajstić information content (AvgIpc) is 2.96. The van der Waals surface area contributed by atoms with Gasteiger partial charge in [-0.05, 0) is 56.2 Å². The number of benzene rings is 2. The van der Waals surface area contributed by atoms with Crippen LogP contribution in [0.3, 0.4) is 0 Å². The van der Waals surface area contributed by atoms with Crippen LogP contribution in [-0.4, -0.2) is 22.0 Å². The van der Waals surface area contributed by atoms with Crippen molar-refractivity contribution >= 4 is 17.4 Å². The number of nitro groups is 1. The second-order valence-corrected chi connectivity index (χ2v) is 6.93. The molecule has 0 aliphatic carbocycles. The minimum atomic E-state index is -0.624. The Morgan fingerprint density at radius 2 is 2.00 bits per heavy atom. The quantitative estimate of drug-likeness (QED) is 0.469. The molecule has 0 saturated heterocycles. The largest absolute Gasteiger partial charge is 0.477 e. The van der Waals surface area contributed by atoms with Gasteiger partial charge < -0.3 is 10.1 Å². The van der Waals surface area contributed by atoms with Crippen molar-refractivity contribution in [2.45, 2.75) is 20.8 Å². The van der Waals surface area contributed by atoms with Crippen LogP contribution >= 0.6 is 0 Å². The van der Waals surface area contributed by atoms with E-state index in [9.17, 15) is 24.6 Å². The normalized spacial score (nSPS) is 10.4. The number of carbonyl (C=O) groups is 1. The van der Waals surface area contributed by atoms with Crippen molar-refractivity contribution < 1.29 is 18.8 Å². The lowest BCUT2D eigenvalue weighted by Crippen LogP contribution is -2.22. The number of nitrogens with zero attached hydrogens (tertiary/aromatic N) is 3. The molecule has 3 rings (SSSR count). The number of amides is 1. The summed E-state index contributed by atoms with van der Waals surface area (Å²) in [4.78, 5) is 23.2. The van der Waals surface area contributed by atoms with Gasteiger partial charge in [-0.1, -0.05) is 12.1 Å². The highest BCUT2D eigenvalue weighted by Gasteiger charge is 2.22. The Hall–Kier alpha value is -4.19. The number of ether oxygens (including phenoxy) is 1. The first-order valence-corrected chi connectivity index (χ1v) is 9.28. The molecule has 1 aromatic heterocycles. The number of anilines is 1. The Balaban J connectivity index is 1.89. The fourth-order valence-corrected chi connectivity index (χ4v) is 3.20. The highest BCUT2D eigenvalue weighted by Crippen LogP contribution is 2.31. The Morgan fingerprint density at radius 3 is 2.65 bits per heavy atom. The summed E-state index contributed by atoms with van der Waals surface area (Å²) in [6.45, 7) is 4.67. The van der Waals surface area contributed by atoms with Gasteiger partial charge in [-0.15, -0.1) is 0 Å². The van der Waals surface area contributed by atoms with Crippen LogP contribution in [0.5, 0.6) is 5.75 Å². The molecule has 9 heteroatoms. The van der Waals surface area contributed by atoms with Crippen molar-refractivity contribution in [3.8, 4) is 17.5 Å². The van der Waals surface area contributed by atoms with Gasteiger partial charge in [0.2, 0.25) is 0 Å². The smallest absolute Gasteiger partial charge is 0.311 e. The van der Waals surface area contributed by atoms with E-state index in [4.69, 9.17) is 4.74 Å². The number of nitrogens with one attached hydrogen (secondary N) is 1.